The van der Waals surface area contributed by atoms with E-state index in [0.717, 1.165) is 50.4 Å². The topological polar surface area (TPSA) is 35.5 Å². The van der Waals surface area contributed by atoms with Gasteiger partial charge in [-0.25, -0.2) is 0 Å². The number of carbonyl (C=O) groups excluding carboxylic acids is 1. The number of carbonyl (C=O) groups is 1. The van der Waals surface area contributed by atoms with Gasteiger partial charge in [-0.1, -0.05) is 6.07 Å². The normalized spacial score (nSPS) is 33.9. The molecule has 0 N–H and O–H groups in total. The zero-order valence-corrected chi connectivity index (χ0v) is 14.9. The minimum absolute atomic E-state index is 0.101. The Labute approximate surface area is 148 Å². The second kappa shape index (κ2) is 6.97. The summed E-state index contributed by atoms with van der Waals surface area (Å²) in [5.41, 5.74) is 1.02. The number of fused-ring (bicyclic) bond motifs is 3. The van der Waals surface area contributed by atoms with Crippen molar-refractivity contribution in [3.8, 4) is 11.5 Å². The quantitative estimate of drug-likeness (QED) is 0.729. The van der Waals surface area contributed by atoms with Gasteiger partial charge in [0.15, 0.2) is 11.5 Å². The van der Waals surface area contributed by atoms with Crippen LogP contribution in [0.5, 0.6) is 11.5 Å². The molecular weight excluding hydrogens is 319 g/mol. The van der Waals surface area contributed by atoms with E-state index in [2.05, 4.69) is 0 Å². The number of benzene rings is 1. The lowest BCUT2D eigenvalue weighted by Gasteiger charge is -2.38. The third-order valence-corrected chi connectivity index (χ3v) is 6.57. The molecule has 4 rings (SSSR count). The van der Waals surface area contributed by atoms with Gasteiger partial charge < -0.3 is 14.3 Å². The van der Waals surface area contributed by atoms with Crippen LogP contribution in [0.3, 0.4) is 0 Å². The number of aldehydes is 1. The van der Waals surface area contributed by atoms with E-state index in [0.29, 0.717) is 35.9 Å². The van der Waals surface area contributed by atoms with Crippen LogP contribution in [0.2, 0.25) is 0 Å². The fourth-order valence-corrected chi connectivity index (χ4v) is 5.21. The molecule has 1 aliphatic heterocycles. The van der Waals surface area contributed by atoms with Gasteiger partial charge in [0.2, 0.25) is 5.82 Å². The third-order valence-electron chi connectivity index (χ3n) is 6.57. The molecule has 0 saturated heterocycles. The van der Waals surface area contributed by atoms with E-state index < -0.39 is 0 Å². The summed E-state index contributed by atoms with van der Waals surface area (Å²) in [6.07, 6.45) is 8.88. The smallest absolute Gasteiger partial charge is 0.207 e. The summed E-state index contributed by atoms with van der Waals surface area (Å²) in [5, 5.41) is 0. The first-order valence-electron chi connectivity index (χ1n) is 9.78. The van der Waals surface area contributed by atoms with Crippen LogP contribution < -0.4 is 9.47 Å². The van der Waals surface area contributed by atoms with E-state index in [9.17, 15) is 9.18 Å². The van der Waals surface area contributed by atoms with Crippen molar-refractivity contribution in [2.75, 3.05) is 6.61 Å². The molecule has 136 valence electrons. The molecule has 3 nitrogen and oxygen atoms in total. The van der Waals surface area contributed by atoms with Crippen LogP contribution in [0.4, 0.5) is 4.39 Å². The Bertz CT molecular complexity index is 636. The maximum Gasteiger partial charge on any atom is 0.207 e. The fraction of sp³-hybridized carbons (Fsp3) is 0.667. The summed E-state index contributed by atoms with van der Waals surface area (Å²) < 4.78 is 26.1. The van der Waals surface area contributed by atoms with Crippen LogP contribution in [0.1, 0.15) is 63.4 Å². The third kappa shape index (κ3) is 3.04. The lowest BCUT2D eigenvalue weighted by Crippen LogP contribution is -2.33. The number of rotatable bonds is 4. The minimum atomic E-state index is -0.336. The second-order valence-corrected chi connectivity index (χ2v) is 7.88. The molecular formula is C21H27FO3. The predicted molar refractivity (Wildman–Crippen MR) is 93.6 cm³/mol. The van der Waals surface area contributed by atoms with Crippen LogP contribution >= 0.6 is 0 Å². The largest absolute Gasteiger partial charge is 0.491 e. The van der Waals surface area contributed by atoms with Gasteiger partial charge in [-0.2, -0.15) is 4.39 Å². The van der Waals surface area contributed by atoms with Crippen molar-refractivity contribution in [3.63, 3.8) is 0 Å². The van der Waals surface area contributed by atoms with E-state index in [-0.39, 0.29) is 17.8 Å². The van der Waals surface area contributed by atoms with Crippen LogP contribution in [-0.2, 0) is 4.79 Å². The molecule has 0 bridgehead atoms. The van der Waals surface area contributed by atoms with Crippen molar-refractivity contribution < 1.29 is 18.7 Å². The van der Waals surface area contributed by atoms with Gasteiger partial charge in [-0.3, -0.25) is 0 Å². The standard InChI is InChI=1S/C21H27FO3/c1-2-24-18-10-9-17-16-8-7-15(11-19(16)25-21(17)20(18)22)14-5-3-13(12-23)4-6-14/h9-10,12-16,19H,2-8,11H2,1H3/t13?,14?,15-,16?,19-/m1/s1. The molecule has 0 amide bonds. The molecule has 1 aromatic rings. The van der Waals surface area contributed by atoms with Gasteiger partial charge in [0, 0.05) is 17.4 Å². The van der Waals surface area contributed by atoms with Gasteiger partial charge >= 0.3 is 0 Å². The summed E-state index contributed by atoms with van der Waals surface area (Å²) >= 11 is 0. The average Bonchev–Trinajstić information content (AvgIpc) is 3.03. The fourth-order valence-electron chi connectivity index (χ4n) is 5.21. The molecule has 0 radical (unpaired) electrons. The highest BCUT2D eigenvalue weighted by molar-refractivity contribution is 5.53. The molecule has 2 saturated carbocycles. The number of ether oxygens (including phenoxy) is 2. The zero-order valence-electron chi connectivity index (χ0n) is 14.9. The van der Waals surface area contributed by atoms with Gasteiger partial charge in [0.1, 0.15) is 12.4 Å². The second-order valence-electron chi connectivity index (χ2n) is 7.88. The van der Waals surface area contributed by atoms with Crippen LogP contribution in [0.15, 0.2) is 12.1 Å². The molecule has 25 heavy (non-hydrogen) atoms. The van der Waals surface area contributed by atoms with Gasteiger partial charge in [-0.05, 0) is 69.8 Å². The molecule has 4 heteroatoms. The molecule has 0 aromatic heterocycles. The van der Waals surface area contributed by atoms with Gasteiger partial charge in [0.05, 0.1) is 6.61 Å². The van der Waals surface area contributed by atoms with Crippen LogP contribution in [-0.4, -0.2) is 19.0 Å². The lowest BCUT2D eigenvalue weighted by atomic mass is 9.68. The summed E-state index contributed by atoms with van der Waals surface area (Å²) in [6.45, 7) is 2.31. The first-order chi connectivity index (χ1) is 12.2. The van der Waals surface area contributed by atoms with Crippen molar-refractivity contribution in [2.45, 2.75) is 63.9 Å². The van der Waals surface area contributed by atoms with Crippen molar-refractivity contribution in [2.24, 2.45) is 17.8 Å². The van der Waals surface area contributed by atoms with E-state index in [1.165, 1.54) is 6.42 Å². The van der Waals surface area contributed by atoms with Crippen molar-refractivity contribution >= 4 is 6.29 Å². The van der Waals surface area contributed by atoms with E-state index in [4.69, 9.17) is 9.47 Å². The van der Waals surface area contributed by atoms with Crippen molar-refractivity contribution in [3.05, 3.63) is 23.5 Å². The van der Waals surface area contributed by atoms with Crippen molar-refractivity contribution in [1.82, 2.24) is 0 Å². The highest BCUT2D eigenvalue weighted by atomic mass is 19.1. The van der Waals surface area contributed by atoms with Gasteiger partial charge in [0.25, 0.3) is 0 Å². The Morgan fingerprint density at radius 3 is 2.64 bits per heavy atom. The van der Waals surface area contributed by atoms with Crippen molar-refractivity contribution in [1.29, 1.82) is 0 Å². The van der Waals surface area contributed by atoms with Crippen LogP contribution in [0, 0.1) is 23.6 Å². The SMILES string of the molecule is CCOc1ccc2c(c1F)O[C@@H]1C[C@H](C3CCC(C=O)CC3)CCC21. The molecule has 1 heterocycles. The Hall–Kier alpha value is -1.58. The highest BCUT2D eigenvalue weighted by Gasteiger charge is 2.43. The minimum Gasteiger partial charge on any atom is -0.491 e. The molecule has 3 aliphatic rings. The predicted octanol–water partition coefficient (Wildman–Crippen LogP) is 4.87. The zero-order chi connectivity index (χ0) is 17.4. The average molecular weight is 346 g/mol. The Balaban J connectivity index is 1.45. The van der Waals surface area contributed by atoms with E-state index in [1.54, 1.807) is 6.07 Å². The summed E-state index contributed by atoms with van der Waals surface area (Å²) in [6, 6.07) is 3.74. The summed E-state index contributed by atoms with van der Waals surface area (Å²) in [7, 11) is 0. The highest BCUT2D eigenvalue weighted by Crippen LogP contribution is 2.51. The Kier molecular flexibility index (Phi) is 4.70. The van der Waals surface area contributed by atoms with E-state index >= 15 is 0 Å². The molecule has 1 unspecified atom stereocenters. The molecule has 2 aliphatic carbocycles. The first kappa shape index (κ1) is 16.9. The first-order valence-corrected chi connectivity index (χ1v) is 9.78. The Morgan fingerprint density at radius 1 is 1.16 bits per heavy atom. The van der Waals surface area contributed by atoms with Crippen LogP contribution in [0.25, 0.3) is 0 Å². The number of hydrogen-bond donors (Lipinski definition) is 0. The van der Waals surface area contributed by atoms with E-state index in [1.807, 2.05) is 13.0 Å². The maximum atomic E-state index is 14.7. The lowest BCUT2D eigenvalue weighted by molar-refractivity contribution is -0.112. The molecule has 1 aromatic carbocycles. The molecule has 2 fully saturated rings. The number of hydrogen-bond acceptors (Lipinski definition) is 3. The summed E-state index contributed by atoms with van der Waals surface area (Å²) in [4.78, 5) is 11.0. The maximum absolute atomic E-state index is 14.7. The Morgan fingerprint density at radius 2 is 1.92 bits per heavy atom. The molecule has 3 atom stereocenters. The monoisotopic (exact) mass is 346 g/mol. The number of halogens is 1. The van der Waals surface area contributed by atoms with Gasteiger partial charge in [-0.15, -0.1) is 0 Å². The molecule has 0 spiro atoms. The summed E-state index contributed by atoms with van der Waals surface area (Å²) in [5.74, 6) is 2.32.